The number of benzene rings is 1. The van der Waals surface area contributed by atoms with Gasteiger partial charge in [0.05, 0.1) is 4.90 Å². The molecule has 0 spiro atoms. The summed E-state index contributed by atoms with van der Waals surface area (Å²) >= 11 is 0. The summed E-state index contributed by atoms with van der Waals surface area (Å²) in [6.07, 6.45) is 0. The highest BCUT2D eigenvalue weighted by Gasteiger charge is 2.42. The van der Waals surface area contributed by atoms with Crippen molar-refractivity contribution in [3.8, 4) is 0 Å². The van der Waals surface area contributed by atoms with Crippen LogP contribution in [-0.4, -0.2) is 24.2 Å². The molecule has 1 aromatic rings. The van der Waals surface area contributed by atoms with Crippen LogP contribution >= 0.6 is 0 Å². The Hall–Kier alpha value is -1.36. The molecule has 1 aromatic carbocycles. The smallest absolute Gasteiger partial charge is 0.324 e. The third-order valence-electron chi connectivity index (χ3n) is 3.04. The average molecular weight is 270 g/mol. The van der Waals surface area contributed by atoms with Gasteiger partial charge in [0.1, 0.15) is 0 Å². The topological polar surface area (TPSA) is 71.4 Å². The summed E-state index contributed by atoms with van der Waals surface area (Å²) in [5, 5.41) is 9.00. The number of rotatable bonds is 4. The van der Waals surface area contributed by atoms with Crippen LogP contribution in [0.25, 0.3) is 0 Å². The van der Waals surface area contributed by atoms with E-state index in [0.717, 1.165) is 5.56 Å². The van der Waals surface area contributed by atoms with Crippen LogP contribution in [0.3, 0.4) is 0 Å². The molecule has 0 fully saturated rings. The molecule has 4 nitrogen and oxygen atoms in total. The van der Waals surface area contributed by atoms with Crippen molar-refractivity contribution < 1.29 is 18.3 Å². The molecular formula is C13H18O4S. The molecule has 0 aliphatic rings. The lowest BCUT2D eigenvalue weighted by Gasteiger charge is -2.20. The standard InChI is InChI=1S/C13H18O4S/c1-9(2)10-5-7-11(8-6-10)18(16,17)13(3,4)12(14)15/h5-9H,1-4H3,(H,14,15). The predicted molar refractivity (Wildman–Crippen MR) is 69.4 cm³/mol. The second kappa shape index (κ2) is 4.72. The van der Waals surface area contributed by atoms with E-state index in [4.69, 9.17) is 5.11 Å². The van der Waals surface area contributed by atoms with Crippen molar-refractivity contribution >= 4 is 15.8 Å². The monoisotopic (exact) mass is 270 g/mol. The number of hydrogen-bond donors (Lipinski definition) is 1. The van der Waals surface area contributed by atoms with Gasteiger partial charge in [-0.1, -0.05) is 26.0 Å². The van der Waals surface area contributed by atoms with Gasteiger partial charge in [-0.15, -0.1) is 0 Å². The molecule has 0 aromatic heterocycles. The molecule has 0 bridgehead atoms. The molecule has 0 unspecified atom stereocenters. The van der Waals surface area contributed by atoms with Crippen LogP contribution in [0.4, 0.5) is 0 Å². The Balaban J connectivity index is 3.26. The summed E-state index contributed by atoms with van der Waals surface area (Å²) in [5.41, 5.74) is 1.02. The fraction of sp³-hybridized carbons (Fsp3) is 0.462. The summed E-state index contributed by atoms with van der Waals surface area (Å²) in [6.45, 7) is 6.40. The number of aliphatic carboxylic acids is 1. The highest BCUT2D eigenvalue weighted by atomic mass is 32.2. The van der Waals surface area contributed by atoms with E-state index in [2.05, 4.69) is 0 Å². The van der Waals surface area contributed by atoms with E-state index in [1.54, 1.807) is 12.1 Å². The summed E-state index contributed by atoms with van der Waals surface area (Å²) in [5.74, 6) is -1.05. The van der Waals surface area contributed by atoms with E-state index in [9.17, 15) is 13.2 Å². The van der Waals surface area contributed by atoms with Crippen LogP contribution in [-0.2, 0) is 14.6 Å². The first-order chi connectivity index (χ1) is 8.10. The van der Waals surface area contributed by atoms with Gasteiger partial charge in [-0.05, 0) is 37.5 Å². The van der Waals surface area contributed by atoms with Gasteiger partial charge < -0.3 is 5.11 Å². The van der Waals surface area contributed by atoms with Gasteiger partial charge in [0.15, 0.2) is 14.6 Å². The minimum atomic E-state index is -3.88. The van der Waals surface area contributed by atoms with Crippen LogP contribution in [0.15, 0.2) is 29.2 Å². The predicted octanol–water partition coefficient (Wildman–Crippen LogP) is 2.45. The van der Waals surface area contributed by atoms with Crippen LogP contribution < -0.4 is 0 Å². The summed E-state index contributed by atoms with van der Waals surface area (Å²) in [6, 6.07) is 6.37. The molecule has 1 N–H and O–H groups in total. The Morgan fingerprint density at radius 1 is 1.17 bits per heavy atom. The van der Waals surface area contributed by atoms with Gasteiger partial charge in [0.25, 0.3) is 0 Å². The van der Waals surface area contributed by atoms with Crippen LogP contribution in [0.2, 0.25) is 0 Å². The maximum Gasteiger partial charge on any atom is 0.324 e. The van der Waals surface area contributed by atoms with Gasteiger partial charge in [-0.2, -0.15) is 0 Å². The molecule has 0 saturated heterocycles. The Bertz CT molecular complexity index is 539. The second-order valence-corrected chi connectivity index (χ2v) is 7.54. The molecule has 0 radical (unpaired) electrons. The summed E-state index contributed by atoms with van der Waals surface area (Å²) in [7, 11) is -3.88. The molecular weight excluding hydrogens is 252 g/mol. The minimum Gasteiger partial charge on any atom is -0.480 e. The van der Waals surface area contributed by atoms with Crippen molar-refractivity contribution in [2.75, 3.05) is 0 Å². The second-order valence-electron chi connectivity index (χ2n) is 5.04. The van der Waals surface area contributed by atoms with E-state index in [-0.39, 0.29) is 4.90 Å². The van der Waals surface area contributed by atoms with Crippen molar-refractivity contribution in [3.63, 3.8) is 0 Å². The number of hydrogen-bond acceptors (Lipinski definition) is 3. The third kappa shape index (κ3) is 2.41. The average Bonchev–Trinajstić information content (AvgIpc) is 2.28. The SMILES string of the molecule is CC(C)c1ccc(S(=O)(=O)C(C)(C)C(=O)O)cc1. The van der Waals surface area contributed by atoms with E-state index in [1.165, 1.54) is 26.0 Å². The Morgan fingerprint density at radius 3 is 1.94 bits per heavy atom. The number of sulfone groups is 1. The molecule has 0 aliphatic heterocycles. The molecule has 18 heavy (non-hydrogen) atoms. The van der Waals surface area contributed by atoms with Crippen molar-refractivity contribution in [2.45, 2.75) is 43.3 Å². The fourth-order valence-electron chi connectivity index (χ4n) is 1.44. The molecule has 5 heteroatoms. The molecule has 100 valence electrons. The first kappa shape index (κ1) is 14.7. The largest absolute Gasteiger partial charge is 0.480 e. The van der Waals surface area contributed by atoms with Crippen molar-refractivity contribution in [3.05, 3.63) is 29.8 Å². The normalized spacial score (nSPS) is 12.7. The molecule has 0 atom stereocenters. The van der Waals surface area contributed by atoms with E-state index >= 15 is 0 Å². The third-order valence-corrected chi connectivity index (χ3v) is 5.45. The lowest BCUT2D eigenvalue weighted by Crippen LogP contribution is -2.40. The lowest BCUT2D eigenvalue weighted by atomic mass is 10.0. The highest BCUT2D eigenvalue weighted by Crippen LogP contribution is 2.27. The lowest BCUT2D eigenvalue weighted by molar-refractivity contribution is -0.139. The van der Waals surface area contributed by atoms with Gasteiger partial charge in [0, 0.05) is 0 Å². The Labute approximate surface area is 108 Å². The minimum absolute atomic E-state index is 0.0410. The number of carboxylic acid groups (broad SMARTS) is 1. The van der Waals surface area contributed by atoms with Crippen molar-refractivity contribution in [2.24, 2.45) is 0 Å². The van der Waals surface area contributed by atoms with Gasteiger partial charge in [-0.25, -0.2) is 8.42 Å². The maximum atomic E-state index is 12.2. The van der Waals surface area contributed by atoms with Crippen molar-refractivity contribution in [1.82, 2.24) is 0 Å². The van der Waals surface area contributed by atoms with E-state index in [0.29, 0.717) is 5.92 Å². The van der Waals surface area contributed by atoms with Gasteiger partial charge >= 0.3 is 5.97 Å². The first-order valence-corrected chi connectivity index (χ1v) is 7.17. The maximum absolute atomic E-state index is 12.2. The quantitative estimate of drug-likeness (QED) is 0.912. The fourth-order valence-corrected chi connectivity index (χ4v) is 2.75. The molecule has 1 rings (SSSR count). The Kier molecular flexibility index (Phi) is 3.86. The van der Waals surface area contributed by atoms with Crippen molar-refractivity contribution in [1.29, 1.82) is 0 Å². The number of carboxylic acids is 1. The Morgan fingerprint density at radius 2 is 1.61 bits per heavy atom. The number of carbonyl (C=O) groups is 1. The molecule has 0 saturated carbocycles. The zero-order valence-corrected chi connectivity index (χ0v) is 11.8. The summed E-state index contributed by atoms with van der Waals surface area (Å²) < 4.78 is 22.6. The molecule has 0 heterocycles. The van der Waals surface area contributed by atoms with E-state index in [1.807, 2.05) is 13.8 Å². The zero-order valence-electron chi connectivity index (χ0n) is 11.0. The zero-order chi connectivity index (χ0) is 14.1. The van der Waals surface area contributed by atoms with Gasteiger partial charge in [0.2, 0.25) is 0 Å². The van der Waals surface area contributed by atoms with Crippen LogP contribution in [0, 0.1) is 0 Å². The molecule has 0 aliphatic carbocycles. The molecule has 0 amide bonds. The summed E-state index contributed by atoms with van der Waals surface area (Å²) in [4.78, 5) is 11.1. The highest BCUT2D eigenvalue weighted by molar-refractivity contribution is 7.93. The van der Waals surface area contributed by atoms with Crippen LogP contribution in [0.5, 0.6) is 0 Å². The first-order valence-electron chi connectivity index (χ1n) is 5.68. The van der Waals surface area contributed by atoms with Crippen LogP contribution in [0.1, 0.15) is 39.2 Å². The van der Waals surface area contributed by atoms with E-state index < -0.39 is 20.6 Å². The van der Waals surface area contributed by atoms with Gasteiger partial charge in [-0.3, -0.25) is 4.79 Å².